The summed E-state index contributed by atoms with van der Waals surface area (Å²) >= 11 is 0. The second kappa shape index (κ2) is 10.2. The van der Waals surface area contributed by atoms with Gasteiger partial charge >= 0.3 is 7.60 Å². The molecule has 0 radical (unpaired) electrons. The third kappa shape index (κ3) is 5.79. The maximum absolute atomic E-state index is 12.8. The van der Waals surface area contributed by atoms with Gasteiger partial charge in [-0.1, -0.05) is 30.9 Å². The molecule has 0 aliphatic heterocycles. The topological polar surface area (TPSA) is 57.1 Å². The van der Waals surface area contributed by atoms with Gasteiger partial charge in [-0.05, 0) is 32.9 Å². The van der Waals surface area contributed by atoms with E-state index < -0.39 is 7.60 Å². The van der Waals surface area contributed by atoms with Crippen LogP contribution in [0.15, 0.2) is 53.4 Å². The minimum atomic E-state index is -3.40. The van der Waals surface area contributed by atoms with Gasteiger partial charge in [0.1, 0.15) is 17.8 Å². The fourth-order valence-corrected chi connectivity index (χ4v) is 3.35. The smallest absolute Gasteiger partial charge is 0.379 e. The van der Waals surface area contributed by atoms with E-state index in [1.54, 1.807) is 39.1 Å². The standard InChI is InChI=1S/C17H24NO4P/c1-5-13-20-16-12-10-9-11-15(16)14-18-17(6-2)23(19,21-7-3)22-8-4/h5-6,9-12,14H,1,7-8,13H2,2-4H3/b17-6-,18-14+. The Hall–Kier alpha value is -1.68. The van der Waals surface area contributed by atoms with Crippen molar-refractivity contribution in [3.05, 3.63) is 54.0 Å². The lowest BCUT2D eigenvalue weighted by atomic mass is 10.2. The first-order chi connectivity index (χ1) is 11.1. The zero-order chi connectivity index (χ0) is 17.1. The van der Waals surface area contributed by atoms with Gasteiger partial charge in [0.2, 0.25) is 0 Å². The van der Waals surface area contributed by atoms with Crippen LogP contribution in [0.1, 0.15) is 26.3 Å². The van der Waals surface area contributed by atoms with E-state index in [9.17, 15) is 4.57 Å². The molecule has 6 heteroatoms. The van der Waals surface area contributed by atoms with Crippen LogP contribution in [0.5, 0.6) is 5.75 Å². The maximum Gasteiger partial charge on any atom is 0.379 e. The molecule has 0 amide bonds. The van der Waals surface area contributed by atoms with Crippen molar-refractivity contribution in [3.63, 3.8) is 0 Å². The highest BCUT2D eigenvalue weighted by Gasteiger charge is 2.28. The minimum Gasteiger partial charge on any atom is -0.489 e. The molecule has 0 aromatic heterocycles. The van der Waals surface area contributed by atoms with E-state index in [2.05, 4.69) is 11.6 Å². The number of para-hydroxylation sites is 1. The van der Waals surface area contributed by atoms with Crippen LogP contribution in [-0.4, -0.2) is 26.0 Å². The highest BCUT2D eigenvalue weighted by atomic mass is 31.2. The van der Waals surface area contributed by atoms with Crippen molar-refractivity contribution in [2.24, 2.45) is 4.99 Å². The van der Waals surface area contributed by atoms with Crippen LogP contribution in [0.3, 0.4) is 0 Å². The predicted octanol–water partition coefficient (Wildman–Crippen LogP) is 4.80. The van der Waals surface area contributed by atoms with E-state index >= 15 is 0 Å². The SMILES string of the molecule is C=CCOc1ccccc1/C=N/C(=C/C)P(=O)(OCC)OCC. The Kier molecular flexibility index (Phi) is 8.56. The number of allylic oxidation sites excluding steroid dienone is 1. The average Bonchev–Trinajstić information content (AvgIpc) is 2.54. The summed E-state index contributed by atoms with van der Waals surface area (Å²) in [5.74, 6) is 0.675. The Balaban J connectivity index is 3.05. The van der Waals surface area contributed by atoms with Gasteiger partial charge in [0.25, 0.3) is 0 Å². The molecule has 23 heavy (non-hydrogen) atoms. The lowest BCUT2D eigenvalue weighted by Gasteiger charge is -2.17. The van der Waals surface area contributed by atoms with Crippen LogP contribution in [0.4, 0.5) is 0 Å². The maximum atomic E-state index is 12.8. The van der Waals surface area contributed by atoms with Crippen LogP contribution < -0.4 is 4.74 Å². The number of benzene rings is 1. The minimum absolute atomic E-state index is 0.278. The van der Waals surface area contributed by atoms with E-state index in [0.29, 0.717) is 12.4 Å². The van der Waals surface area contributed by atoms with Gasteiger partial charge in [-0.15, -0.1) is 0 Å². The summed E-state index contributed by atoms with van der Waals surface area (Å²) in [5.41, 5.74) is 1.05. The first kappa shape index (κ1) is 19.4. The van der Waals surface area contributed by atoms with Gasteiger partial charge in [-0.2, -0.15) is 0 Å². The highest BCUT2D eigenvalue weighted by molar-refractivity contribution is 7.58. The summed E-state index contributed by atoms with van der Waals surface area (Å²) in [6.07, 6.45) is 4.90. The van der Waals surface area contributed by atoms with Crippen molar-refractivity contribution in [1.29, 1.82) is 0 Å². The Bertz CT molecular complexity index is 600. The second-order valence-corrected chi connectivity index (χ2v) is 6.35. The molecule has 0 spiro atoms. The zero-order valence-corrected chi connectivity index (χ0v) is 14.8. The normalized spacial score (nSPS) is 12.6. The largest absolute Gasteiger partial charge is 0.489 e. The van der Waals surface area contributed by atoms with Gasteiger partial charge in [0, 0.05) is 11.8 Å². The molecule has 0 fully saturated rings. The number of rotatable bonds is 10. The van der Waals surface area contributed by atoms with Crippen LogP contribution in [0.2, 0.25) is 0 Å². The highest BCUT2D eigenvalue weighted by Crippen LogP contribution is 2.56. The third-order valence-corrected chi connectivity index (χ3v) is 4.88. The molecule has 0 atom stereocenters. The molecular formula is C17H24NO4P. The van der Waals surface area contributed by atoms with Gasteiger partial charge in [0.05, 0.1) is 13.2 Å². The molecule has 5 nitrogen and oxygen atoms in total. The van der Waals surface area contributed by atoms with Gasteiger partial charge in [0.15, 0.2) is 0 Å². The van der Waals surface area contributed by atoms with Crippen LogP contribution in [0.25, 0.3) is 0 Å². The molecule has 0 heterocycles. The molecule has 1 rings (SSSR count). The summed E-state index contributed by atoms with van der Waals surface area (Å²) in [6, 6.07) is 7.45. The Morgan fingerprint density at radius 1 is 1.26 bits per heavy atom. The second-order valence-electron chi connectivity index (χ2n) is 4.38. The molecule has 0 saturated heterocycles. The Labute approximate surface area is 138 Å². The van der Waals surface area contributed by atoms with E-state index in [-0.39, 0.29) is 18.7 Å². The van der Waals surface area contributed by atoms with Crippen molar-refractivity contribution in [2.45, 2.75) is 20.8 Å². The van der Waals surface area contributed by atoms with Gasteiger partial charge < -0.3 is 13.8 Å². The average molecular weight is 337 g/mol. The van der Waals surface area contributed by atoms with E-state index in [4.69, 9.17) is 13.8 Å². The lowest BCUT2D eigenvalue weighted by Crippen LogP contribution is -1.99. The number of hydrogen-bond acceptors (Lipinski definition) is 5. The van der Waals surface area contributed by atoms with E-state index in [0.717, 1.165) is 5.56 Å². The molecule has 0 bridgehead atoms. The molecular weight excluding hydrogens is 313 g/mol. The third-order valence-electron chi connectivity index (χ3n) is 2.75. The molecule has 0 N–H and O–H groups in total. The molecule has 126 valence electrons. The Morgan fingerprint density at radius 3 is 2.48 bits per heavy atom. The van der Waals surface area contributed by atoms with Gasteiger partial charge in [-0.3, -0.25) is 4.57 Å². The molecule has 0 unspecified atom stereocenters. The fourth-order valence-electron chi connectivity index (χ4n) is 1.82. The first-order valence-corrected chi connectivity index (χ1v) is 9.08. The number of hydrogen-bond donors (Lipinski definition) is 0. The molecule has 0 saturated carbocycles. The summed E-state index contributed by atoms with van der Waals surface area (Å²) in [5, 5.41) is 0. The zero-order valence-electron chi connectivity index (χ0n) is 13.9. The number of aliphatic imine (C=N–C) groups is 1. The summed E-state index contributed by atoms with van der Waals surface area (Å²) in [4.78, 5) is 4.31. The molecule has 1 aromatic rings. The molecule has 0 aliphatic carbocycles. The molecule has 1 aromatic carbocycles. The van der Waals surface area contributed by atoms with Crippen molar-refractivity contribution in [3.8, 4) is 5.75 Å². The van der Waals surface area contributed by atoms with Crippen LogP contribution in [-0.2, 0) is 13.6 Å². The fraction of sp³-hybridized carbons (Fsp3) is 0.353. The monoisotopic (exact) mass is 337 g/mol. The summed E-state index contributed by atoms with van der Waals surface area (Å²) in [6.45, 7) is 9.87. The lowest BCUT2D eigenvalue weighted by molar-refractivity contribution is 0.226. The van der Waals surface area contributed by atoms with Crippen molar-refractivity contribution in [1.82, 2.24) is 0 Å². The van der Waals surface area contributed by atoms with E-state index in [1.165, 1.54) is 0 Å². The van der Waals surface area contributed by atoms with Crippen LogP contribution >= 0.6 is 7.60 Å². The van der Waals surface area contributed by atoms with Gasteiger partial charge in [-0.25, -0.2) is 4.99 Å². The summed E-state index contributed by atoms with van der Waals surface area (Å²) < 4.78 is 29.0. The predicted molar refractivity (Wildman–Crippen MR) is 94.3 cm³/mol. The summed E-state index contributed by atoms with van der Waals surface area (Å²) in [7, 11) is -3.40. The van der Waals surface area contributed by atoms with E-state index in [1.807, 2.05) is 24.3 Å². The molecule has 0 aliphatic rings. The van der Waals surface area contributed by atoms with Crippen molar-refractivity contribution in [2.75, 3.05) is 19.8 Å². The van der Waals surface area contributed by atoms with Crippen molar-refractivity contribution < 1.29 is 18.3 Å². The number of nitrogens with zero attached hydrogens (tertiary/aromatic N) is 1. The van der Waals surface area contributed by atoms with Crippen molar-refractivity contribution >= 4 is 13.8 Å². The first-order valence-electron chi connectivity index (χ1n) is 7.54. The van der Waals surface area contributed by atoms with Crippen LogP contribution in [0, 0.1) is 0 Å². The quantitative estimate of drug-likeness (QED) is 0.350. The Morgan fingerprint density at radius 2 is 1.91 bits per heavy atom. The number of ether oxygens (including phenoxy) is 1.